The van der Waals surface area contributed by atoms with E-state index in [1.54, 1.807) is 6.07 Å². The maximum Gasteiger partial charge on any atom is 0.255 e. The molecule has 2 aliphatic rings. The summed E-state index contributed by atoms with van der Waals surface area (Å²) in [6.45, 7) is 5.76. The smallest absolute Gasteiger partial charge is 0.255 e. The monoisotopic (exact) mass is 373 g/mol. The zero-order chi connectivity index (χ0) is 16.4. The van der Waals surface area contributed by atoms with E-state index in [4.69, 9.17) is 23.2 Å². The van der Waals surface area contributed by atoms with Crippen LogP contribution in [0.5, 0.6) is 0 Å². The van der Waals surface area contributed by atoms with Crippen molar-refractivity contribution in [3.63, 3.8) is 0 Å². The Morgan fingerprint density at radius 2 is 1.96 bits per heavy atom. The van der Waals surface area contributed by atoms with E-state index in [1.165, 1.54) is 11.8 Å². The number of amides is 1. The zero-order valence-corrected chi connectivity index (χ0v) is 15.5. The third kappa shape index (κ3) is 3.80. The number of rotatable bonds is 3. The quantitative estimate of drug-likeness (QED) is 0.826. The molecule has 4 nitrogen and oxygen atoms in total. The molecule has 1 aromatic carbocycles. The third-order valence-corrected chi connectivity index (χ3v) is 6.11. The minimum Gasteiger partial charge on any atom is -0.337 e. The summed E-state index contributed by atoms with van der Waals surface area (Å²) in [5.74, 6) is 0.0135. The van der Waals surface area contributed by atoms with Crippen LogP contribution in [0.3, 0.4) is 0 Å². The van der Waals surface area contributed by atoms with Gasteiger partial charge in [0.1, 0.15) is 0 Å². The number of thioether (sulfide) groups is 1. The highest BCUT2D eigenvalue weighted by atomic mass is 35.5. The summed E-state index contributed by atoms with van der Waals surface area (Å²) in [6, 6.07) is 3.95. The van der Waals surface area contributed by atoms with Gasteiger partial charge in [-0.1, -0.05) is 23.2 Å². The Morgan fingerprint density at radius 3 is 2.65 bits per heavy atom. The van der Waals surface area contributed by atoms with Crippen LogP contribution < -0.4 is 5.32 Å². The lowest BCUT2D eigenvalue weighted by atomic mass is 10.2. The maximum atomic E-state index is 12.8. The van der Waals surface area contributed by atoms with Gasteiger partial charge in [0.25, 0.3) is 5.91 Å². The van der Waals surface area contributed by atoms with Crippen molar-refractivity contribution in [2.45, 2.75) is 17.4 Å². The molecular formula is C16H21Cl2N3OS. The number of carbonyl (C=O) groups excluding carboxylic acids is 1. The van der Waals surface area contributed by atoms with Crippen molar-refractivity contribution in [2.24, 2.45) is 0 Å². The molecule has 23 heavy (non-hydrogen) atoms. The van der Waals surface area contributed by atoms with E-state index >= 15 is 0 Å². The minimum absolute atomic E-state index is 0.0135. The van der Waals surface area contributed by atoms with Crippen molar-refractivity contribution < 1.29 is 4.79 Å². The van der Waals surface area contributed by atoms with E-state index in [0.717, 1.165) is 50.6 Å². The summed E-state index contributed by atoms with van der Waals surface area (Å²) in [4.78, 5) is 18.1. The number of piperazine rings is 1. The Labute approximate surface area is 151 Å². The fraction of sp³-hybridized carbons (Fsp3) is 0.562. The molecule has 0 bridgehead atoms. The summed E-state index contributed by atoms with van der Waals surface area (Å²) < 4.78 is 0. The molecule has 0 spiro atoms. The standard InChI is InChI=1S/C16H21Cl2N3OS/c1-23-15-8-12(13(17)9-14(15)18)16(22)21-5-2-11(10-21)20-6-3-19-4-7-20/h8-9,11,19H,2-7,10H2,1H3. The molecule has 1 aromatic rings. The van der Waals surface area contributed by atoms with Gasteiger partial charge in [-0.3, -0.25) is 9.69 Å². The van der Waals surface area contributed by atoms with Crippen LogP contribution in [0.25, 0.3) is 0 Å². The lowest BCUT2D eigenvalue weighted by Crippen LogP contribution is -2.49. The van der Waals surface area contributed by atoms with Crippen molar-refractivity contribution in [2.75, 3.05) is 45.5 Å². The fourth-order valence-electron chi connectivity index (χ4n) is 3.29. The van der Waals surface area contributed by atoms with Crippen LogP contribution in [0, 0.1) is 0 Å². The fourth-order valence-corrected chi connectivity index (χ4v) is 4.48. The molecule has 3 rings (SSSR count). The molecule has 1 amide bonds. The summed E-state index contributed by atoms with van der Waals surface area (Å²) in [6.07, 6.45) is 2.98. The molecule has 0 aliphatic carbocycles. The highest BCUT2D eigenvalue weighted by Crippen LogP contribution is 2.32. The molecule has 2 saturated heterocycles. The average molecular weight is 374 g/mol. The Bertz CT molecular complexity index is 593. The van der Waals surface area contributed by atoms with Crippen molar-refractivity contribution in [3.8, 4) is 0 Å². The molecular weight excluding hydrogens is 353 g/mol. The Hall–Kier alpha value is -0.460. The first-order valence-corrected chi connectivity index (χ1v) is 9.85. The van der Waals surface area contributed by atoms with E-state index in [-0.39, 0.29) is 5.91 Å². The summed E-state index contributed by atoms with van der Waals surface area (Å²) >= 11 is 13.9. The molecule has 0 saturated carbocycles. The van der Waals surface area contributed by atoms with Gasteiger partial charge in [0.15, 0.2) is 0 Å². The lowest BCUT2D eigenvalue weighted by Gasteiger charge is -2.32. The number of nitrogens with zero attached hydrogens (tertiary/aromatic N) is 2. The molecule has 1 N–H and O–H groups in total. The summed E-state index contributed by atoms with van der Waals surface area (Å²) in [5.41, 5.74) is 0.557. The van der Waals surface area contributed by atoms with Gasteiger partial charge in [-0.15, -0.1) is 11.8 Å². The number of likely N-dealkylation sites (tertiary alicyclic amines) is 1. The van der Waals surface area contributed by atoms with Gasteiger partial charge in [-0.2, -0.15) is 0 Å². The topological polar surface area (TPSA) is 35.6 Å². The predicted octanol–water partition coefficient (Wildman–Crippen LogP) is 2.84. The molecule has 2 aliphatic heterocycles. The second-order valence-corrected chi connectivity index (χ2v) is 7.61. The van der Waals surface area contributed by atoms with Gasteiger partial charge < -0.3 is 10.2 Å². The van der Waals surface area contributed by atoms with Gasteiger partial charge in [-0.05, 0) is 24.8 Å². The Morgan fingerprint density at radius 1 is 1.22 bits per heavy atom. The first-order valence-electron chi connectivity index (χ1n) is 7.87. The number of nitrogens with one attached hydrogen (secondary N) is 1. The van der Waals surface area contributed by atoms with Crippen molar-refractivity contribution in [1.82, 2.24) is 15.1 Å². The first kappa shape index (κ1) is 17.4. The molecule has 1 unspecified atom stereocenters. The third-order valence-electron chi connectivity index (χ3n) is 4.59. The molecule has 2 heterocycles. The number of hydrogen-bond acceptors (Lipinski definition) is 4. The zero-order valence-electron chi connectivity index (χ0n) is 13.1. The molecule has 2 fully saturated rings. The highest BCUT2D eigenvalue weighted by molar-refractivity contribution is 7.98. The van der Waals surface area contributed by atoms with E-state index in [2.05, 4.69) is 10.2 Å². The average Bonchev–Trinajstić information content (AvgIpc) is 3.05. The van der Waals surface area contributed by atoms with Crippen molar-refractivity contribution in [3.05, 3.63) is 27.7 Å². The van der Waals surface area contributed by atoms with E-state index in [0.29, 0.717) is 21.7 Å². The van der Waals surface area contributed by atoms with Gasteiger partial charge in [0, 0.05) is 50.2 Å². The van der Waals surface area contributed by atoms with Crippen LogP contribution >= 0.6 is 35.0 Å². The Kier molecular flexibility index (Phi) is 5.75. The van der Waals surface area contributed by atoms with E-state index in [1.807, 2.05) is 17.2 Å². The van der Waals surface area contributed by atoms with Crippen molar-refractivity contribution in [1.29, 1.82) is 0 Å². The molecule has 7 heteroatoms. The van der Waals surface area contributed by atoms with Gasteiger partial charge in [0.2, 0.25) is 0 Å². The number of hydrogen-bond donors (Lipinski definition) is 1. The number of carbonyl (C=O) groups is 1. The first-order chi connectivity index (χ1) is 11.1. The summed E-state index contributed by atoms with van der Waals surface area (Å²) in [5, 5.41) is 4.40. The second kappa shape index (κ2) is 7.62. The second-order valence-electron chi connectivity index (χ2n) is 5.95. The van der Waals surface area contributed by atoms with Crippen LogP contribution in [-0.2, 0) is 0 Å². The Balaban J connectivity index is 1.71. The van der Waals surface area contributed by atoms with Gasteiger partial charge in [0.05, 0.1) is 15.6 Å². The van der Waals surface area contributed by atoms with E-state index < -0.39 is 0 Å². The van der Waals surface area contributed by atoms with Crippen LogP contribution in [0.2, 0.25) is 10.0 Å². The van der Waals surface area contributed by atoms with Crippen LogP contribution in [0.4, 0.5) is 0 Å². The lowest BCUT2D eigenvalue weighted by molar-refractivity contribution is 0.0773. The SMILES string of the molecule is CSc1cc(C(=O)N2CCC(N3CCNCC3)C2)c(Cl)cc1Cl. The molecule has 0 aromatic heterocycles. The normalized spacial score (nSPS) is 22.6. The van der Waals surface area contributed by atoms with E-state index in [9.17, 15) is 4.79 Å². The predicted molar refractivity (Wildman–Crippen MR) is 97.0 cm³/mol. The van der Waals surface area contributed by atoms with Crippen LogP contribution in [-0.4, -0.2) is 67.3 Å². The van der Waals surface area contributed by atoms with Crippen LogP contribution in [0.15, 0.2) is 17.0 Å². The van der Waals surface area contributed by atoms with Gasteiger partial charge in [-0.25, -0.2) is 0 Å². The number of halogens is 2. The summed E-state index contributed by atoms with van der Waals surface area (Å²) in [7, 11) is 0. The highest BCUT2D eigenvalue weighted by Gasteiger charge is 2.32. The largest absolute Gasteiger partial charge is 0.337 e. The molecule has 126 valence electrons. The van der Waals surface area contributed by atoms with Gasteiger partial charge >= 0.3 is 0 Å². The number of benzene rings is 1. The minimum atomic E-state index is 0.0135. The molecule has 1 atom stereocenters. The van der Waals surface area contributed by atoms with Crippen LogP contribution in [0.1, 0.15) is 16.8 Å². The maximum absolute atomic E-state index is 12.8. The molecule has 0 radical (unpaired) electrons. The van der Waals surface area contributed by atoms with Crippen molar-refractivity contribution >= 4 is 40.9 Å².